The number of likely N-dealkylation sites (N-methyl/N-ethyl adjacent to an activating group) is 3. The highest BCUT2D eigenvalue weighted by atomic mass is 19.1. The number of nitrogens with one attached hydrogen (secondary N) is 1. The van der Waals surface area contributed by atoms with Crippen molar-refractivity contribution in [1.82, 2.24) is 14.7 Å². The molecule has 0 aromatic heterocycles. The van der Waals surface area contributed by atoms with Gasteiger partial charge in [-0.15, -0.1) is 0 Å². The maximum Gasteiger partial charge on any atom is 0.241 e. The molecule has 0 aliphatic carbocycles. The van der Waals surface area contributed by atoms with E-state index >= 15 is 0 Å². The average molecular weight is 338 g/mol. The summed E-state index contributed by atoms with van der Waals surface area (Å²) >= 11 is 0. The average Bonchev–Trinajstić information content (AvgIpc) is 2.46. The monoisotopic (exact) mass is 338 g/mol. The number of benzene rings is 1. The number of hydrogen-bond donors (Lipinski definition) is 1. The summed E-state index contributed by atoms with van der Waals surface area (Å²) in [5.41, 5.74) is 0.355. The number of anilines is 1. The molecule has 1 rings (SSSR count). The fraction of sp³-hybridized carbons (Fsp3) is 0.438. The Morgan fingerprint density at radius 1 is 1.00 bits per heavy atom. The Kier molecular flexibility index (Phi) is 7.31. The molecule has 0 spiro atoms. The van der Waals surface area contributed by atoms with Crippen molar-refractivity contribution in [3.63, 3.8) is 0 Å². The van der Waals surface area contributed by atoms with Gasteiger partial charge >= 0.3 is 0 Å². The minimum atomic E-state index is -0.441. The minimum Gasteiger partial charge on any atom is -0.347 e. The van der Waals surface area contributed by atoms with Crippen LogP contribution >= 0.6 is 0 Å². The summed E-state index contributed by atoms with van der Waals surface area (Å²) in [4.78, 5) is 39.7. The summed E-state index contributed by atoms with van der Waals surface area (Å²) in [6.07, 6.45) is 0. The van der Waals surface area contributed by atoms with Crippen LogP contribution in [-0.4, -0.2) is 80.2 Å². The van der Waals surface area contributed by atoms with Crippen LogP contribution in [0.1, 0.15) is 0 Å². The molecule has 1 aromatic rings. The number of hydrogen-bond acceptors (Lipinski definition) is 4. The Labute approximate surface area is 141 Å². The first-order valence-corrected chi connectivity index (χ1v) is 7.37. The van der Waals surface area contributed by atoms with Crippen LogP contribution in [0.5, 0.6) is 0 Å². The molecule has 0 bridgehead atoms. The zero-order chi connectivity index (χ0) is 18.3. The molecule has 3 amide bonds. The van der Waals surface area contributed by atoms with Crippen LogP contribution in [-0.2, 0) is 14.4 Å². The standard InChI is InChI=1S/C16H23FN4O3/c1-19(2)15(23)11-21(4)16(24)10-20(3)9-14(22)18-13-7-5-6-12(17)8-13/h5-8H,9-11H2,1-4H3,(H,18,22). The lowest BCUT2D eigenvalue weighted by atomic mass is 10.3. The lowest BCUT2D eigenvalue weighted by Gasteiger charge is -2.22. The Morgan fingerprint density at radius 2 is 1.67 bits per heavy atom. The first-order chi connectivity index (χ1) is 11.2. The second-order valence-corrected chi connectivity index (χ2v) is 5.77. The zero-order valence-corrected chi connectivity index (χ0v) is 14.4. The SMILES string of the molecule is CN(CC(=O)Nc1cccc(F)c1)CC(=O)N(C)CC(=O)N(C)C. The molecule has 0 heterocycles. The van der Waals surface area contributed by atoms with Gasteiger partial charge in [0.05, 0.1) is 19.6 Å². The Balaban J connectivity index is 2.44. The summed E-state index contributed by atoms with van der Waals surface area (Å²) in [6.45, 7) is -0.0549. The molecule has 0 aliphatic rings. The molecular formula is C16H23FN4O3. The van der Waals surface area contributed by atoms with Gasteiger partial charge in [0, 0.05) is 26.8 Å². The number of halogens is 1. The number of rotatable bonds is 7. The molecule has 0 radical (unpaired) electrons. The van der Waals surface area contributed by atoms with Crippen molar-refractivity contribution in [2.45, 2.75) is 0 Å². The van der Waals surface area contributed by atoms with E-state index in [2.05, 4.69) is 5.32 Å². The third kappa shape index (κ3) is 6.74. The lowest BCUT2D eigenvalue weighted by Crippen LogP contribution is -2.43. The van der Waals surface area contributed by atoms with E-state index in [1.54, 1.807) is 27.2 Å². The highest BCUT2D eigenvalue weighted by Crippen LogP contribution is 2.08. The van der Waals surface area contributed by atoms with Crippen LogP contribution in [0, 0.1) is 5.82 Å². The predicted molar refractivity (Wildman–Crippen MR) is 88.9 cm³/mol. The Hall–Kier alpha value is -2.48. The van der Waals surface area contributed by atoms with E-state index in [4.69, 9.17) is 0 Å². The maximum atomic E-state index is 13.1. The van der Waals surface area contributed by atoms with Crippen molar-refractivity contribution in [1.29, 1.82) is 0 Å². The summed E-state index contributed by atoms with van der Waals surface area (Å²) in [6, 6.07) is 5.57. The van der Waals surface area contributed by atoms with Crippen molar-refractivity contribution in [3.8, 4) is 0 Å². The number of carbonyl (C=O) groups is 3. The fourth-order valence-corrected chi connectivity index (χ4v) is 1.85. The van der Waals surface area contributed by atoms with Crippen molar-refractivity contribution in [2.75, 3.05) is 53.1 Å². The van der Waals surface area contributed by atoms with Gasteiger partial charge in [-0.05, 0) is 25.2 Å². The van der Waals surface area contributed by atoms with Crippen molar-refractivity contribution in [2.24, 2.45) is 0 Å². The third-order valence-corrected chi connectivity index (χ3v) is 3.22. The third-order valence-electron chi connectivity index (χ3n) is 3.22. The van der Waals surface area contributed by atoms with E-state index in [1.807, 2.05) is 0 Å². The largest absolute Gasteiger partial charge is 0.347 e. The minimum absolute atomic E-state index is 0.00617. The molecule has 1 N–H and O–H groups in total. The van der Waals surface area contributed by atoms with Crippen molar-refractivity contribution in [3.05, 3.63) is 30.1 Å². The van der Waals surface area contributed by atoms with E-state index in [0.29, 0.717) is 5.69 Å². The van der Waals surface area contributed by atoms with Gasteiger partial charge in [-0.1, -0.05) is 6.07 Å². The van der Waals surface area contributed by atoms with E-state index in [-0.39, 0.29) is 37.4 Å². The number of carbonyl (C=O) groups excluding carboxylic acids is 3. The fourth-order valence-electron chi connectivity index (χ4n) is 1.85. The van der Waals surface area contributed by atoms with Crippen LogP contribution in [0.3, 0.4) is 0 Å². The molecule has 132 valence electrons. The van der Waals surface area contributed by atoms with Gasteiger partial charge in [-0.3, -0.25) is 19.3 Å². The first-order valence-electron chi connectivity index (χ1n) is 7.37. The van der Waals surface area contributed by atoms with Gasteiger partial charge < -0.3 is 15.1 Å². The van der Waals surface area contributed by atoms with E-state index < -0.39 is 5.82 Å². The summed E-state index contributed by atoms with van der Waals surface area (Å²) in [5, 5.41) is 2.56. The molecule has 1 aromatic carbocycles. The van der Waals surface area contributed by atoms with Gasteiger partial charge in [0.1, 0.15) is 5.82 Å². The molecule has 8 heteroatoms. The highest BCUT2D eigenvalue weighted by molar-refractivity contribution is 5.92. The molecule has 7 nitrogen and oxygen atoms in total. The van der Waals surface area contributed by atoms with Crippen LogP contribution in [0.25, 0.3) is 0 Å². The molecule has 0 fully saturated rings. The normalized spacial score (nSPS) is 10.4. The van der Waals surface area contributed by atoms with E-state index in [1.165, 1.54) is 39.9 Å². The quantitative estimate of drug-likeness (QED) is 0.773. The predicted octanol–water partition coefficient (Wildman–Crippen LogP) is 0.243. The number of nitrogens with zero attached hydrogens (tertiary/aromatic N) is 3. The Morgan fingerprint density at radius 3 is 2.25 bits per heavy atom. The summed E-state index contributed by atoms with van der Waals surface area (Å²) in [5.74, 6) is -1.25. The number of amides is 3. The first kappa shape index (κ1) is 19.6. The summed E-state index contributed by atoms with van der Waals surface area (Å²) in [7, 11) is 6.38. The second kappa shape index (κ2) is 8.97. The topological polar surface area (TPSA) is 73.0 Å². The second-order valence-electron chi connectivity index (χ2n) is 5.77. The van der Waals surface area contributed by atoms with Crippen LogP contribution in [0.15, 0.2) is 24.3 Å². The van der Waals surface area contributed by atoms with Gasteiger partial charge in [0.2, 0.25) is 17.7 Å². The molecule has 0 aliphatic heterocycles. The van der Waals surface area contributed by atoms with Gasteiger partial charge in [-0.2, -0.15) is 0 Å². The molecular weight excluding hydrogens is 315 g/mol. The van der Waals surface area contributed by atoms with E-state index in [9.17, 15) is 18.8 Å². The van der Waals surface area contributed by atoms with Crippen molar-refractivity contribution >= 4 is 23.4 Å². The van der Waals surface area contributed by atoms with E-state index in [0.717, 1.165) is 0 Å². The van der Waals surface area contributed by atoms with Crippen LogP contribution in [0.2, 0.25) is 0 Å². The highest BCUT2D eigenvalue weighted by Gasteiger charge is 2.17. The maximum absolute atomic E-state index is 13.1. The van der Waals surface area contributed by atoms with Gasteiger partial charge in [0.25, 0.3) is 0 Å². The molecule has 24 heavy (non-hydrogen) atoms. The molecule has 0 saturated heterocycles. The van der Waals surface area contributed by atoms with Crippen molar-refractivity contribution < 1.29 is 18.8 Å². The molecule has 0 atom stereocenters. The van der Waals surface area contributed by atoms with Crippen LogP contribution < -0.4 is 5.32 Å². The smallest absolute Gasteiger partial charge is 0.241 e. The molecule has 0 unspecified atom stereocenters. The summed E-state index contributed by atoms with van der Waals surface area (Å²) < 4.78 is 13.1. The van der Waals surface area contributed by atoms with Crippen LogP contribution in [0.4, 0.5) is 10.1 Å². The zero-order valence-electron chi connectivity index (χ0n) is 14.4. The Bertz CT molecular complexity index is 607. The lowest BCUT2D eigenvalue weighted by molar-refractivity contribution is -0.138. The molecule has 0 saturated carbocycles. The van der Waals surface area contributed by atoms with Gasteiger partial charge in [-0.25, -0.2) is 4.39 Å². The van der Waals surface area contributed by atoms with Gasteiger partial charge in [0.15, 0.2) is 0 Å².